The van der Waals surface area contributed by atoms with Crippen LogP contribution >= 0.6 is 0 Å². The van der Waals surface area contributed by atoms with E-state index in [1.165, 1.54) is 13.8 Å². The van der Waals surface area contributed by atoms with E-state index in [1.54, 1.807) is 0 Å². The number of carbonyl (C=O) groups is 3. The summed E-state index contributed by atoms with van der Waals surface area (Å²) in [7, 11) is -3.81. The number of nitrogens with one attached hydrogen (secondary N) is 4. The highest BCUT2D eigenvalue weighted by atomic mass is 32.2. The third-order valence-corrected chi connectivity index (χ3v) is 11.1. The summed E-state index contributed by atoms with van der Waals surface area (Å²) in [6.07, 6.45) is 1.31. The van der Waals surface area contributed by atoms with Crippen LogP contribution in [0.4, 0.5) is 4.79 Å². The van der Waals surface area contributed by atoms with Crippen molar-refractivity contribution < 1.29 is 27.5 Å². The summed E-state index contributed by atoms with van der Waals surface area (Å²) in [5.74, 6) is -0.597. The fraction of sp³-hybridized carbons (Fsp3) is 0.432. The van der Waals surface area contributed by atoms with Gasteiger partial charge in [-0.3, -0.25) is 9.59 Å². The summed E-state index contributed by atoms with van der Waals surface area (Å²) in [5, 5.41) is 11.5. The Kier molecular flexibility index (Phi) is 12.4. The van der Waals surface area contributed by atoms with Crippen LogP contribution in [0, 0.1) is 5.92 Å². The molecule has 0 saturated carbocycles. The zero-order valence-electron chi connectivity index (χ0n) is 28.3. The number of hydrogen-bond donors (Lipinski definition) is 4. The van der Waals surface area contributed by atoms with Crippen molar-refractivity contribution in [3.8, 4) is 0 Å². The van der Waals surface area contributed by atoms with E-state index in [0.717, 1.165) is 22.9 Å². The average molecular weight is 677 g/mol. The molecule has 4 rings (SSSR count). The predicted molar refractivity (Wildman–Crippen MR) is 187 cm³/mol. The van der Waals surface area contributed by atoms with Crippen molar-refractivity contribution in [2.75, 3.05) is 6.26 Å². The van der Waals surface area contributed by atoms with Crippen LogP contribution in [0.3, 0.4) is 0 Å². The summed E-state index contributed by atoms with van der Waals surface area (Å²) in [6, 6.07) is 26.0. The zero-order chi connectivity index (χ0) is 34.9. The third kappa shape index (κ3) is 10.4. The topological polar surface area (TPSA) is 146 Å². The lowest BCUT2D eigenvalue weighted by atomic mass is 9.95. The maximum Gasteiger partial charge on any atom is 0.315 e. The second-order valence-corrected chi connectivity index (χ2v) is 16.0. The van der Waals surface area contributed by atoms with Crippen LogP contribution in [0.25, 0.3) is 0 Å². The molecule has 0 aliphatic carbocycles. The molecule has 1 unspecified atom stereocenters. The van der Waals surface area contributed by atoms with Gasteiger partial charge in [0.2, 0.25) is 11.8 Å². The average Bonchev–Trinajstić information content (AvgIpc) is 3.81. The summed E-state index contributed by atoms with van der Waals surface area (Å²) in [6.45, 7) is 7.16. The minimum atomic E-state index is -3.81. The molecule has 1 fully saturated rings. The van der Waals surface area contributed by atoms with E-state index in [0.29, 0.717) is 12.8 Å². The van der Waals surface area contributed by atoms with Crippen LogP contribution < -0.4 is 21.3 Å². The first kappa shape index (κ1) is 36.6. The molecule has 0 aromatic heterocycles. The van der Waals surface area contributed by atoms with Gasteiger partial charge < -0.3 is 26.0 Å². The number of carbonyl (C=O) groups excluding carboxylic acids is 3. The van der Waals surface area contributed by atoms with Gasteiger partial charge in [-0.15, -0.1) is 0 Å². The molecule has 5 atom stereocenters. The van der Waals surface area contributed by atoms with Crippen LogP contribution in [0.2, 0.25) is 0 Å². The molecule has 258 valence electrons. The fourth-order valence-electron chi connectivity index (χ4n) is 5.56. The first-order chi connectivity index (χ1) is 22.7. The Labute approximate surface area is 284 Å². The minimum absolute atomic E-state index is 0.0602. The van der Waals surface area contributed by atoms with Crippen molar-refractivity contribution in [3.63, 3.8) is 0 Å². The Morgan fingerprint density at radius 2 is 1.29 bits per heavy atom. The third-order valence-electron chi connectivity index (χ3n) is 8.96. The molecular formula is C37H48N4O6S. The largest absolute Gasteiger partial charge is 0.367 e. The Morgan fingerprint density at radius 1 is 0.771 bits per heavy atom. The standard InChI is InChI=1S/C37H48N4O6S/c1-25(2)29(21-26-15-9-6-10-16-26)39-32(42)23-31-33(47-31)30(22-27-17-11-7-12-18-27)40-35(43)34(37(3,4)48(5,45)46)41-36(44)38-24-28-19-13-8-14-20-28/h6-20,25,29-31,33-34H,21-24H2,1-5H3,(H,39,42)(H,40,43)(H2,38,41,44)/t29?,30-,31-,33+,34+/m0/s1. The summed E-state index contributed by atoms with van der Waals surface area (Å²) in [5.41, 5.74) is 2.91. The molecule has 1 aliphatic rings. The highest BCUT2D eigenvalue weighted by molar-refractivity contribution is 7.92. The van der Waals surface area contributed by atoms with Crippen molar-refractivity contribution in [3.05, 3.63) is 108 Å². The Bertz CT molecular complexity index is 1620. The normalized spacial score (nSPS) is 17.9. The Hall–Kier alpha value is -4.22. The lowest BCUT2D eigenvalue weighted by molar-refractivity contribution is -0.124. The van der Waals surface area contributed by atoms with Crippen molar-refractivity contribution in [1.29, 1.82) is 0 Å². The monoisotopic (exact) mass is 676 g/mol. The number of epoxide rings is 1. The van der Waals surface area contributed by atoms with E-state index in [4.69, 9.17) is 4.74 Å². The van der Waals surface area contributed by atoms with Crippen LogP contribution in [0.15, 0.2) is 91.0 Å². The Balaban J connectivity index is 1.46. The molecule has 3 aromatic carbocycles. The van der Waals surface area contributed by atoms with Crippen molar-refractivity contribution in [2.24, 2.45) is 5.92 Å². The maximum atomic E-state index is 13.9. The van der Waals surface area contributed by atoms with E-state index in [-0.39, 0.29) is 30.8 Å². The number of hydrogen-bond acceptors (Lipinski definition) is 6. The van der Waals surface area contributed by atoms with Gasteiger partial charge >= 0.3 is 6.03 Å². The molecule has 0 radical (unpaired) electrons. The fourth-order valence-corrected chi connectivity index (χ4v) is 6.15. The number of urea groups is 1. The van der Waals surface area contributed by atoms with Gasteiger partial charge in [-0.25, -0.2) is 13.2 Å². The molecule has 4 amide bonds. The number of benzene rings is 3. The summed E-state index contributed by atoms with van der Waals surface area (Å²) in [4.78, 5) is 40.1. The highest BCUT2D eigenvalue weighted by Crippen LogP contribution is 2.31. The van der Waals surface area contributed by atoms with Gasteiger partial charge in [-0.1, -0.05) is 105 Å². The van der Waals surface area contributed by atoms with Crippen molar-refractivity contribution in [1.82, 2.24) is 21.3 Å². The highest BCUT2D eigenvalue weighted by Gasteiger charge is 2.49. The van der Waals surface area contributed by atoms with Gasteiger partial charge in [0.15, 0.2) is 9.84 Å². The summed E-state index contributed by atoms with van der Waals surface area (Å²) < 4.78 is 30.1. The number of rotatable bonds is 16. The lowest BCUT2D eigenvalue weighted by Crippen LogP contribution is -2.63. The number of ether oxygens (including phenoxy) is 1. The molecule has 1 heterocycles. The molecule has 11 heteroatoms. The Morgan fingerprint density at radius 3 is 1.81 bits per heavy atom. The van der Waals surface area contributed by atoms with Crippen LogP contribution in [-0.2, 0) is 43.5 Å². The SMILES string of the molecule is CC(C)C(Cc1ccccc1)NC(=O)C[C@@H]1O[C@@H]1[C@H](Cc1ccccc1)NC(=O)[C@@H](NC(=O)NCc1ccccc1)C(C)(C)S(C)(=O)=O. The van der Waals surface area contributed by atoms with E-state index in [1.807, 2.05) is 91.0 Å². The van der Waals surface area contributed by atoms with Gasteiger partial charge in [0, 0.05) is 18.8 Å². The molecule has 10 nitrogen and oxygen atoms in total. The van der Waals surface area contributed by atoms with Gasteiger partial charge in [0.25, 0.3) is 0 Å². The first-order valence-corrected chi connectivity index (χ1v) is 18.2. The number of sulfone groups is 1. The van der Waals surface area contributed by atoms with E-state index in [9.17, 15) is 22.8 Å². The first-order valence-electron chi connectivity index (χ1n) is 16.4. The van der Waals surface area contributed by atoms with Gasteiger partial charge in [-0.2, -0.15) is 0 Å². The van der Waals surface area contributed by atoms with Crippen LogP contribution in [0.5, 0.6) is 0 Å². The molecule has 3 aromatic rings. The maximum absolute atomic E-state index is 13.9. The lowest BCUT2D eigenvalue weighted by Gasteiger charge is -2.33. The van der Waals surface area contributed by atoms with Crippen molar-refractivity contribution in [2.45, 2.75) is 88.6 Å². The smallest absolute Gasteiger partial charge is 0.315 e. The van der Waals surface area contributed by atoms with E-state index >= 15 is 0 Å². The molecule has 1 aliphatic heterocycles. The summed E-state index contributed by atoms with van der Waals surface area (Å²) >= 11 is 0. The minimum Gasteiger partial charge on any atom is -0.367 e. The molecule has 0 spiro atoms. The number of amides is 4. The second-order valence-electron chi connectivity index (χ2n) is 13.4. The van der Waals surface area contributed by atoms with Gasteiger partial charge in [0.1, 0.15) is 12.1 Å². The van der Waals surface area contributed by atoms with Crippen LogP contribution in [0.1, 0.15) is 50.8 Å². The molecule has 1 saturated heterocycles. The second kappa shape index (κ2) is 16.3. The van der Waals surface area contributed by atoms with Gasteiger partial charge in [0.05, 0.1) is 23.3 Å². The van der Waals surface area contributed by atoms with Crippen molar-refractivity contribution >= 4 is 27.7 Å². The predicted octanol–water partition coefficient (Wildman–Crippen LogP) is 3.95. The quantitative estimate of drug-likeness (QED) is 0.169. The molecular weight excluding hydrogens is 628 g/mol. The molecule has 48 heavy (non-hydrogen) atoms. The molecule has 4 N–H and O–H groups in total. The zero-order valence-corrected chi connectivity index (χ0v) is 29.1. The van der Waals surface area contributed by atoms with E-state index < -0.39 is 50.8 Å². The molecule has 0 bridgehead atoms. The van der Waals surface area contributed by atoms with Crippen LogP contribution in [-0.4, -0.2) is 67.6 Å². The van der Waals surface area contributed by atoms with E-state index in [2.05, 4.69) is 35.1 Å². The van der Waals surface area contributed by atoms with Gasteiger partial charge in [-0.05, 0) is 49.3 Å².